The van der Waals surface area contributed by atoms with Gasteiger partial charge in [-0.05, 0) is 13.8 Å². The molecule has 1 amide bonds. The Bertz CT molecular complexity index is 566. The minimum atomic E-state index is -0.142. The third-order valence-corrected chi connectivity index (χ3v) is 3.36. The van der Waals surface area contributed by atoms with Crippen LogP contribution in [0, 0.1) is 6.92 Å². The van der Waals surface area contributed by atoms with Crippen LogP contribution in [0.3, 0.4) is 0 Å². The highest BCUT2D eigenvalue weighted by Crippen LogP contribution is 2.25. The predicted molar refractivity (Wildman–Crippen MR) is 86.4 cm³/mol. The molecule has 0 fully saturated rings. The van der Waals surface area contributed by atoms with Crippen molar-refractivity contribution in [2.75, 3.05) is 5.32 Å². The van der Waals surface area contributed by atoms with Crippen molar-refractivity contribution < 1.29 is 4.79 Å². The topological polar surface area (TPSA) is 68.0 Å². The van der Waals surface area contributed by atoms with Gasteiger partial charge >= 0.3 is 0 Å². The molecular formula is C14H18ClN3OS. The van der Waals surface area contributed by atoms with Crippen LogP contribution in [0.4, 0.5) is 5.13 Å². The molecule has 0 radical (unpaired) electrons. The van der Waals surface area contributed by atoms with Gasteiger partial charge in [0.1, 0.15) is 0 Å². The zero-order valence-corrected chi connectivity index (χ0v) is 13.1. The van der Waals surface area contributed by atoms with E-state index in [0.29, 0.717) is 11.6 Å². The monoisotopic (exact) mass is 311 g/mol. The van der Waals surface area contributed by atoms with E-state index in [1.807, 2.05) is 36.6 Å². The number of carbonyl (C=O) groups excluding carboxylic acids is 1. The summed E-state index contributed by atoms with van der Waals surface area (Å²) in [7, 11) is 0. The summed E-state index contributed by atoms with van der Waals surface area (Å²) < 4.78 is 0. The number of benzene rings is 1. The third kappa shape index (κ3) is 4.59. The second kappa shape index (κ2) is 7.38. The predicted octanol–water partition coefficient (Wildman–Crippen LogP) is 3.22. The number of amides is 1. The van der Waals surface area contributed by atoms with E-state index in [1.54, 1.807) is 6.92 Å². The van der Waals surface area contributed by atoms with Crippen LogP contribution in [0.1, 0.15) is 18.9 Å². The highest BCUT2D eigenvalue weighted by molar-refractivity contribution is 7.14. The number of hydrogen-bond acceptors (Lipinski definition) is 4. The summed E-state index contributed by atoms with van der Waals surface area (Å²) in [5.41, 5.74) is 8.72. The molecule has 0 aliphatic rings. The molecule has 108 valence electrons. The number of nitrogens with zero attached hydrogens (tertiary/aromatic N) is 1. The zero-order chi connectivity index (χ0) is 13.8. The summed E-state index contributed by atoms with van der Waals surface area (Å²) >= 11 is 1.42. The molecule has 4 nitrogen and oxygen atoms in total. The number of hydrogen-bond donors (Lipinski definition) is 2. The van der Waals surface area contributed by atoms with Crippen molar-refractivity contribution in [1.29, 1.82) is 0 Å². The van der Waals surface area contributed by atoms with Crippen LogP contribution < -0.4 is 11.1 Å². The first-order chi connectivity index (χ1) is 9.04. The Labute approximate surface area is 128 Å². The lowest BCUT2D eigenvalue weighted by molar-refractivity contribution is -0.116. The van der Waals surface area contributed by atoms with Crippen molar-refractivity contribution in [3.63, 3.8) is 0 Å². The Morgan fingerprint density at radius 1 is 1.40 bits per heavy atom. The van der Waals surface area contributed by atoms with E-state index < -0.39 is 0 Å². The van der Waals surface area contributed by atoms with E-state index in [0.717, 1.165) is 11.3 Å². The van der Waals surface area contributed by atoms with E-state index in [2.05, 4.69) is 10.3 Å². The van der Waals surface area contributed by atoms with Gasteiger partial charge in [-0.1, -0.05) is 29.8 Å². The Morgan fingerprint density at radius 3 is 2.65 bits per heavy atom. The molecule has 0 aliphatic heterocycles. The van der Waals surface area contributed by atoms with Crippen LogP contribution in [0.5, 0.6) is 0 Å². The number of anilines is 1. The number of thiazole rings is 1. The summed E-state index contributed by atoms with van der Waals surface area (Å²) in [6, 6.07) is 8.00. The van der Waals surface area contributed by atoms with Crippen LogP contribution in [0.15, 0.2) is 29.6 Å². The minimum absolute atomic E-state index is 0. The van der Waals surface area contributed by atoms with Gasteiger partial charge in [0, 0.05) is 23.4 Å². The zero-order valence-electron chi connectivity index (χ0n) is 11.4. The largest absolute Gasteiger partial charge is 0.327 e. The number of aromatic nitrogens is 1. The summed E-state index contributed by atoms with van der Waals surface area (Å²) in [6.45, 7) is 3.85. The van der Waals surface area contributed by atoms with Gasteiger partial charge in [-0.15, -0.1) is 23.7 Å². The number of carbonyl (C=O) groups is 1. The quantitative estimate of drug-likeness (QED) is 0.911. The average Bonchev–Trinajstić information content (AvgIpc) is 2.77. The molecule has 1 aromatic heterocycles. The second-order valence-electron chi connectivity index (χ2n) is 4.63. The molecule has 6 heteroatoms. The summed E-state index contributed by atoms with van der Waals surface area (Å²) in [5.74, 6) is -0.0974. The first kappa shape index (κ1) is 16.6. The maximum absolute atomic E-state index is 11.6. The average molecular weight is 312 g/mol. The van der Waals surface area contributed by atoms with E-state index in [-0.39, 0.29) is 24.4 Å². The summed E-state index contributed by atoms with van der Waals surface area (Å²) in [4.78, 5) is 16.0. The molecular weight excluding hydrogens is 294 g/mol. The number of nitrogens with one attached hydrogen (secondary N) is 1. The number of nitrogens with two attached hydrogens (primary N) is 1. The van der Waals surface area contributed by atoms with Gasteiger partial charge in [0.25, 0.3) is 0 Å². The van der Waals surface area contributed by atoms with Crippen LogP contribution >= 0.6 is 23.7 Å². The SMILES string of the molecule is Cc1ccc(-c2csc(NC(=O)CC(C)N)n2)cc1.Cl. The Kier molecular flexibility index (Phi) is 6.13. The molecule has 0 spiro atoms. The fourth-order valence-corrected chi connectivity index (χ4v) is 2.39. The molecule has 0 bridgehead atoms. The van der Waals surface area contributed by atoms with E-state index in [9.17, 15) is 4.79 Å². The molecule has 2 rings (SSSR count). The summed E-state index contributed by atoms with van der Waals surface area (Å²) in [6.07, 6.45) is 0.305. The lowest BCUT2D eigenvalue weighted by Gasteiger charge is -2.03. The van der Waals surface area contributed by atoms with Crippen molar-refractivity contribution in [3.8, 4) is 11.3 Å². The highest BCUT2D eigenvalue weighted by Gasteiger charge is 2.09. The van der Waals surface area contributed by atoms with Crippen molar-refractivity contribution in [3.05, 3.63) is 35.2 Å². The molecule has 1 heterocycles. The van der Waals surface area contributed by atoms with E-state index in [1.165, 1.54) is 16.9 Å². The molecule has 1 atom stereocenters. The molecule has 2 aromatic rings. The molecule has 1 aromatic carbocycles. The van der Waals surface area contributed by atoms with E-state index >= 15 is 0 Å². The Morgan fingerprint density at radius 2 is 2.05 bits per heavy atom. The first-order valence-corrected chi connectivity index (χ1v) is 7.00. The molecule has 1 unspecified atom stereocenters. The molecule has 0 saturated carbocycles. The lowest BCUT2D eigenvalue weighted by atomic mass is 10.1. The minimum Gasteiger partial charge on any atom is -0.327 e. The van der Waals surface area contributed by atoms with Gasteiger partial charge in [-0.3, -0.25) is 4.79 Å². The van der Waals surface area contributed by atoms with Crippen molar-refractivity contribution in [2.45, 2.75) is 26.3 Å². The Hall–Kier alpha value is -1.43. The molecule has 20 heavy (non-hydrogen) atoms. The number of aryl methyl sites for hydroxylation is 1. The van der Waals surface area contributed by atoms with E-state index in [4.69, 9.17) is 5.73 Å². The maximum atomic E-state index is 11.6. The van der Waals surface area contributed by atoms with Crippen molar-refractivity contribution in [2.24, 2.45) is 5.73 Å². The van der Waals surface area contributed by atoms with Crippen LogP contribution in [0.25, 0.3) is 11.3 Å². The standard InChI is InChI=1S/C14H17N3OS.ClH/c1-9-3-5-11(6-4-9)12-8-19-14(16-12)17-13(18)7-10(2)15;/h3-6,8,10H,7,15H2,1-2H3,(H,16,17,18);1H. The molecule has 0 saturated heterocycles. The van der Waals surface area contributed by atoms with Gasteiger partial charge < -0.3 is 11.1 Å². The fourth-order valence-electron chi connectivity index (χ4n) is 1.65. The van der Waals surface area contributed by atoms with Crippen molar-refractivity contribution >= 4 is 34.8 Å². The maximum Gasteiger partial charge on any atom is 0.227 e. The summed E-state index contributed by atoms with van der Waals surface area (Å²) in [5, 5.41) is 5.31. The number of rotatable bonds is 4. The second-order valence-corrected chi connectivity index (χ2v) is 5.49. The normalized spacial score (nSPS) is 11.6. The van der Waals surface area contributed by atoms with Crippen LogP contribution in [-0.2, 0) is 4.79 Å². The van der Waals surface area contributed by atoms with Crippen LogP contribution in [0.2, 0.25) is 0 Å². The highest BCUT2D eigenvalue weighted by atomic mass is 35.5. The fraction of sp³-hybridized carbons (Fsp3) is 0.286. The smallest absolute Gasteiger partial charge is 0.227 e. The number of halogens is 1. The molecule has 0 aliphatic carbocycles. The van der Waals surface area contributed by atoms with Gasteiger partial charge in [0.05, 0.1) is 5.69 Å². The van der Waals surface area contributed by atoms with Crippen molar-refractivity contribution in [1.82, 2.24) is 4.98 Å². The van der Waals surface area contributed by atoms with Crippen LogP contribution in [-0.4, -0.2) is 16.9 Å². The lowest BCUT2D eigenvalue weighted by Crippen LogP contribution is -2.23. The van der Waals surface area contributed by atoms with Gasteiger partial charge in [-0.2, -0.15) is 0 Å². The van der Waals surface area contributed by atoms with Gasteiger partial charge in [0.15, 0.2) is 5.13 Å². The first-order valence-electron chi connectivity index (χ1n) is 6.12. The molecule has 3 N–H and O–H groups in total. The third-order valence-electron chi connectivity index (χ3n) is 2.61. The van der Waals surface area contributed by atoms with Gasteiger partial charge in [0.2, 0.25) is 5.91 Å². The van der Waals surface area contributed by atoms with Gasteiger partial charge in [-0.25, -0.2) is 4.98 Å². The Balaban J connectivity index is 0.00000200.